The highest BCUT2D eigenvalue weighted by molar-refractivity contribution is 8.24. The number of fused-ring (bicyclic) bond motifs is 1. The van der Waals surface area contributed by atoms with Crippen molar-refractivity contribution in [2.24, 2.45) is 5.10 Å². The summed E-state index contributed by atoms with van der Waals surface area (Å²) in [6.45, 7) is 6.41. The van der Waals surface area contributed by atoms with Crippen LogP contribution >= 0.6 is 24.0 Å². The second-order valence-corrected chi connectivity index (χ2v) is 9.44. The number of hydrazone groups is 1. The van der Waals surface area contributed by atoms with E-state index >= 15 is 0 Å². The van der Waals surface area contributed by atoms with Crippen LogP contribution in [0.1, 0.15) is 39.2 Å². The van der Waals surface area contributed by atoms with E-state index in [-0.39, 0.29) is 0 Å². The number of aromatic amines is 1. The van der Waals surface area contributed by atoms with Crippen LogP contribution < -0.4 is 5.32 Å². The maximum absolute atomic E-state index is 12.4. The number of thioether (sulfide) groups is 1. The Hall–Kier alpha value is -2.10. The molecule has 0 saturated carbocycles. The van der Waals surface area contributed by atoms with E-state index in [1.165, 1.54) is 16.8 Å². The van der Waals surface area contributed by atoms with Crippen LogP contribution in [0.4, 0.5) is 4.79 Å². The zero-order valence-electron chi connectivity index (χ0n) is 16.2. The summed E-state index contributed by atoms with van der Waals surface area (Å²) in [4.78, 5) is 15.6. The van der Waals surface area contributed by atoms with Crippen molar-refractivity contribution in [1.29, 1.82) is 0 Å². The fourth-order valence-corrected chi connectivity index (χ4v) is 4.90. The van der Waals surface area contributed by atoms with Crippen molar-refractivity contribution >= 4 is 51.4 Å². The van der Waals surface area contributed by atoms with E-state index in [1.807, 2.05) is 51.2 Å². The zero-order chi connectivity index (χ0) is 20.3. The van der Waals surface area contributed by atoms with Crippen LogP contribution in [0.25, 0.3) is 10.9 Å². The zero-order valence-corrected chi connectivity index (χ0v) is 17.8. The summed E-state index contributed by atoms with van der Waals surface area (Å²) in [5.41, 5.74) is 1.92. The summed E-state index contributed by atoms with van der Waals surface area (Å²) >= 11 is 6.88. The summed E-state index contributed by atoms with van der Waals surface area (Å²) in [6, 6.07) is 7.37. The number of urea groups is 1. The van der Waals surface area contributed by atoms with Gasteiger partial charge in [0.2, 0.25) is 0 Å². The third-order valence-corrected chi connectivity index (χ3v) is 6.12. The molecule has 1 atom stereocenters. The number of amides is 2. The number of para-hydroxylation sites is 1. The molecule has 1 aliphatic heterocycles. The molecule has 1 fully saturated rings. The molecule has 3 N–H and O–H groups in total. The summed E-state index contributed by atoms with van der Waals surface area (Å²) in [5.74, 6) is 0. The second-order valence-electron chi connectivity index (χ2n) is 7.15. The highest BCUT2D eigenvalue weighted by Gasteiger charge is 2.49. The van der Waals surface area contributed by atoms with Gasteiger partial charge in [-0.2, -0.15) is 10.2 Å². The number of thiocarbonyl (C=S) groups is 1. The van der Waals surface area contributed by atoms with Crippen molar-refractivity contribution in [3.63, 3.8) is 0 Å². The van der Waals surface area contributed by atoms with Gasteiger partial charge in [0.15, 0.2) is 10.5 Å². The smallest absolute Gasteiger partial charge is 0.343 e. The van der Waals surface area contributed by atoms with Gasteiger partial charge in [0.05, 0.1) is 11.0 Å². The van der Waals surface area contributed by atoms with Crippen molar-refractivity contribution in [3.8, 4) is 0 Å². The van der Waals surface area contributed by atoms with Crippen LogP contribution in [0.2, 0.25) is 0 Å². The topological polar surface area (TPSA) is 84.0 Å². The fourth-order valence-electron chi connectivity index (χ4n) is 3.12. The molecule has 150 valence electrons. The number of nitrogens with one attached hydrogen (secondary N) is 2. The summed E-state index contributed by atoms with van der Waals surface area (Å²) in [5, 5.41) is 21.1. The number of aromatic nitrogens is 1. The SMILES string of the molecule is CCCCNC(=O)N(O)C1N(/N=C/c2c[nH]c3ccccc23)C(=S)SC1(C)C. The van der Waals surface area contributed by atoms with E-state index in [9.17, 15) is 10.0 Å². The summed E-state index contributed by atoms with van der Waals surface area (Å²) in [7, 11) is 0. The molecule has 0 radical (unpaired) electrons. The first-order chi connectivity index (χ1) is 13.3. The van der Waals surface area contributed by atoms with Gasteiger partial charge in [0.25, 0.3) is 0 Å². The lowest BCUT2D eigenvalue weighted by atomic mass is 10.1. The monoisotopic (exact) mass is 419 g/mol. The Kier molecular flexibility index (Phi) is 6.26. The molecule has 9 heteroatoms. The van der Waals surface area contributed by atoms with Crippen LogP contribution in [-0.2, 0) is 0 Å². The molecular formula is C19H25N5O2S2. The maximum atomic E-state index is 12.4. The molecule has 2 heterocycles. The second kappa shape index (κ2) is 8.50. The van der Waals surface area contributed by atoms with E-state index in [0.717, 1.165) is 29.3 Å². The molecule has 1 aromatic carbocycles. The quantitative estimate of drug-likeness (QED) is 0.215. The predicted octanol–water partition coefficient (Wildman–Crippen LogP) is 4.14. The minimum Gasteiger partial charge on any atom is -0.361 e. The van der Waals surface area contributed by atoms with E-state index in [1.54, 1.807) is 6.21 Å². The number of carbonyl (C=O) groups is 1. The predicted molar refractivity (Wildman–Crippen MR) is 118 cm³/mol. The molecule has 7 nitrogen and oxygen atoms in total. The van der Waals surface area contributed by atoms with E-state index in [2.05, 4.69) is 15.4 Å². The van der Waals surface area contributed by atoms with Gasteiger partial charge in [-0.25, -0.2) is 9.80 Å². The third-order valence-electron chi connectivity index (χ3n) is 4.58. The number of rotatable bonds is 6. The minimum absolute atomic E-state index is 0.506. The molecule has 2 amide bonds. The minimum atomic E-state index is -0.715. The van der Waals surface area contributed by atoms with Crippen LogP contribution in [0.5, 0.6) is 0 Å². The Labute approximate surface area is 174 Å². The van der Waals surface area contributed by atoms with Crippen molar-refractivity contribution < 1.29 is 10.0 Å². The molecule has 28 heavy (non-hydrogen) atoms. The number of hydrogen-bond acceptors (Lipinski definition) is 5. The molecule has 0 bridgehead atoms. The average Bonchev–Trinajstić information content (AvgIpc) is 3.16. The van der Waals surface area contributed by atoms with Crippen LogP contribution in [-0.4, -0.2) is 54.3 Å². The lowest BCUT2D eigenvalue weighted by Gasteiger charge is -2.34. The number of hydroxylamine groups is 2. The van der Waals surface area contributed by atoms with Gasteiger partial charge in [0.1, 0.15) is 0 Å². The van der Waals surface area contributed by atoms with E-state index < -0.39 is 16.9 Å². The number of nitrogens with zero attached hydrogens (tertiary/aromatic N) is 3. The lowest BCUT2D eigenvalue weighted by molar-refractivity contribution is -0.118. The van der Waals surface area contributed by atoms with Crippen molar-refractivity contribution in [2.75, 3.05) is 6.54 Å². The molecule has 0 spiro atoms. The Balaban J connectivity index is 1.83. The standard InChI is InChI=1S/C19H25N5O2S2/c1-4-5-10-20-17(25)24(26)16-19(2,3)28-18(27)23(16)22-12-13-11-21-15-9-7-6-8-14(13)15/h6-9,11-12,16,21,26H,4-5,10H2,1-3H3,(H,20,25)/b22-12+. The first-order valence-corrected chi connectivity index (χ1v) is 10.5. The average molecular weight is 420 g/mol. The number of H-pyrrole nitrogens is 1. The first-order valence-electron chi connectivity index (χ1n) is 9.23. The Morgan fingerprint density at radius 2 is 2.25 bits per heavy atom. The van der Waals surface area contributed by atoms with Crippen LogP contribution in [0.3, 0.4) is 0 Å². The van der Waals surface area contributed by atoms with Gasteiger partial charge in [0, 0.05) is 29.2 Å². The molecule has 1 aromatic heterocycles. The highest BCUT2D eigenvalue weighted by Crippen LogP contribution is 2.42. The molecule has 1 saturated heterocycles. The van der Waals surface area contributed by atoms with E-state index in [4.69, 9.17) is 12.2 Å². The first kappa shape index (κ1) is 20.6. The van der Waals surface area contributed by atoms with Gasteiger partial charge in [-0.1, -0.05) is 55.5 Å². The molecule has 1 unspecified atom stereocenters. The van der Waals surface area contributed by atoms with Gasteiger partial charge < -0.3 is 10.3 Å². The molecule has 3 rings (SSSR count). The van der Waals surface area contributed by atoms with Gasteiger partial charge in [-0.05, 0) is 26.3 Å². The molecule has 0 aliphatic carbocycles. The maximum Gasteiger partial charge on any atom is 0.343 e. The number of carbonyl (C=O) groups excluding carboxylic acids is 1. The Bertz CT molecular complexity index is 895. The van der Waals surface area contributed by atoms with Crippen LogP contribution in [0, 0.1) is 0 Å². The van der Waals surface area contributed by atoms with Gasteiger partial charge >= 0.3 is 6.03 Å². The Morgan fingerprint density at radius 3 is 3.00 bits per heavy atom. The lowest BCUT2D eigenvalue weighted by Crippen LogP contribution is -2.55. The molecular weight excluding hydrogens is 394 g/mol. The molecule has 2 aromatic rings. The van der Waals surface area contributed by atoms with Crippen molar-refractivity contribution in [3.05, 3.63) is 36.0 Å². The number of unbranched alkanes of at least 4 members (excludes halogenated alkanes) is 1. The fraction of sp³-hybridized carbons (Fsp3) is 0.421. The number of hydrogen-bond donors (Lipinski definition) is 3. The Morgan fingerprint density at radius 1 is 1.50 bits per heavy atom. The highest BCUT2D eigenvalue weighted by atomic mass is 32.2. The number of benzene rings is 1. The largest absolute Gasteiger partial charge is 0.361 e. The van der Waals surface area contributed by atoms with Crippen molar-refractivity contribution in [1.82, 2.24) is 20.4 Å². The third kappa shape index (κ3) is 4.16. The summed E-state index contributed by atoms with van der Waals surface area (Å²) < 4.78 is -0.0163. The van der Waals surface area contributed by atoms with Crippen LogP contribution in [0.15, 0.2) is 35.6 Å². The van der Waals surface area contributed by atoms with Gasteiger partial charge in [-0.15, -0.1) is 0 Å². The van der Waals surface area contributed by atoms with Crippen molar-refractivity contribution in [2.45, 2.75) is 44.5 Å². The van der Waals surface area contributed by atoms with Gasteiger partial charge in [-0.3, -0.25) is 5.21 Å². The normalized spacial score (nSPS) is 18.9. The van der Waals surface area contributed by atoms with E-state index in [0.29, 0.717) is 15.9 Å². The molecule has 1 aliphatic rings. The summed E-state index contributed by atoms with van der Waals surface area (Å²) in [6.07, 6.45) is 4.66.